The molecule has 1 unspecified atom stereocenters. The van der Waals surface area contributed by atoms with Crippen molar-refractivity contribution in [1.82, 2.24) is 15.1 Å². The molecule has 0 aliphatic rings. The summed E-state index contributed by atoms with van der Waals surface area (Å²) >= 11 is 5.82. The fourth-order valence-corrected chi connectivity index (χ4v) is 3.20. The Kier molecular flexibility index (Phi) is 8.12. The molecule has 198 valence electrons. The van der Waals surface area contributed by atoms with E-state index in [9.17, 15) is 40.6 Å². The van der Waals surface area contributed by atoms with E-state index in [0.717, 1.165) is 28.9 Å². The van der Waals surface area contributed by atoms with Gasteiger partial charge in [-0.25, -0.2) is 9.07 Å². The number of nitrogens with one attached hydrogen (secondary N) is 2. The lowest BCUT2D eigenvalue weighted by Gasteiger charge is -2.14. The van der Waals surface area contributed by atoms with Gasteiger partial charge in [-0.3, -0.25) is 10.1 Å². The van der Waals surface area contributed by atoms with Gasteiger partial charge in [0.2, 0.25) is 5.96 Å². The zero-order valence-corrected chi connectivity index (χ0v) is 19.4. The fourth-order valence-electron chi connectivity index (χ4n) is 2.97. The molecular formula is C22H17ClF7N5O2. The van der Waals surface area contributed by atoms with Gasteiger partial charge in [0.25, 0.3) is 5.91 Å². The fraction of sp³-hybridized carbons (Fsp3) is 0.227. The molecule has 0 spiro atoms. The maximum absolute atomic E-state index is 13.8. The van der Waals surface area contributed by atoms with Crippen molar-refractivity contribution in [3.8, 4) is 0 Å². The van der Waals surface area contributed by atoms with Gasteiger partial charge >= 0.3 is 12.4 Å². The van der Waals surface area contributed by atoms with Crippen LogP contribution in [0.2, 0.25) is 5.02 Å². The van der Waals surface area contributed by atoms with Crippen LogP contribution < -0.4 is 10.6 Å². The van der Waals surface area contributed by atoms with E-state index in [1.807, 2.05) is 0 Å². The van der Waals surface area contributed by atoms with Crippen LogP contribution in [0.3, 0.4) is 0 Å². The van der Waals surface area contributed by atoms with Gasteiger partial charge in [-0.1, -0.05) is 11.6 Å². The van der Waals surface area contributed by atoms with E-state index in [-0.39, 0.29) is 16.3 Å². The van der Waals surface area contributed by atoms with Crippen molar-refractivity contribution in [1.29, 1.82) is 0 Å². The number of benzene rings is 2. The summed E-state index contributed by atoms with van der Waals surface area (Å²) in [6, 6.07) is 6.78. The molecule has 15 heteroatoms. The van der Waals surface area contributed by atoms with Crippen LogP contribution in [0.25, 0.3) is 0 Å². The van der Waals surface area contributed by atoms with E-state index in [0.29, 0.717) is 18.2 Å². The highest BCUT2D eigenvalue weighted by Crippen LogP contribution is 2.31. The molecule has 3 N–H and O–H groups in total. The summed E-state index contributed by atoms with van der Waals surface area (Å²) in [6.45, 7) is 0.892. The summed E-state index contributed by atoms with van der Waals surface area (Å²) in [7, 11) is 0. The number of hydrogen-bond acceptors (Lipinski definition) is 4. The highest BCUT2D eigenvalue weighted by molar-refractivity contribution is 6.31. The Hall–Kier alpha value is -3.65. The van der Waals surface area contributed by atoms with Gasteiger partial charge in [0.1, 0.15) is 5.82 Å². The molecule has 0 saturated heterocycles. The highest BCUT2D eigenvalue weighted by atomic mass is 35.5. The van der Waals surface area contributed by atoms with Gasteiger partial charge in [-0.05, 0) is 49.4 Å². The number of rotatable bonds is 5. The minimum Gasteiger partial charge on any atom is -0.391 e. The van der Waals surface area contributed by atoms with Crippen molar-refractivity contribution in [2.75, 3.05) is 5.32 Å². The molecule has 37 heavy (non-hydrogen) atoms. The first-order valence-electron chi connectivity index (χ1n) is 10.3. The standard InChI is InChI=1S/C22H17ClF7N5O2/c1-11(36)10-35-18(9-17(34-35)22(28,29)30)32-20(31-16-7-14(23)6-15(24)8-16)33-19(37)12-2-4-13(5-3-12)21(25,26)27/h2-9,11,36H,10H2,1H3,(H2,31,32,33,37). The van der Waals surface area contributed by atoms with Gasteiger partial charge in [0.05, 0.1) is 18.2 Å². The summed E-state index contributed by atoms with van der Waals surface area (Å²) < 4.78 is 92.7. The average Bonchev–Trinajstić information content (AvgIpc) is 3.14. The van der Waals surface area contributed by atoms with Crippen LogP contribution in [0.15, 0.2) is 53.5 Å². The molecule has 1 atom stereocenters. The van der Waals surface area contributed by atoms with Gasteiger partial charge in [-0.2, -0.15) is 36.4 Å². The zero-order chi connectivity index (χ0) is 27.5. The minimum atomic E-state index is -4.86. The van der Waals surface area contributed by atoms with E-state index in [1.165, 1.54) is 13.0 Å². The molecule has 2 aromatic carbocycles. The van der Waals surface area contributed by atoms with Crippen molar-refractivity contribution in [3.63, 3.8) is 0 Å². The number of guanidine groups is 1. The number of halogens is 8. The average molecular weight is 552 g/mol. The second-order valence-electron chi connectivity index (χ2n) is 7.69. The van der Waals surface area contributed by atoms with Crippen molar-refractivity contribution in [2.45, 2.75) is 31.9 Å². The largest absolute Gasteiger partial charge is 0.435 e. The number of alkyl halides is 6. The Balaban J connectivity index is 2.02. The van der Waals surface area contributed by atoms with Gasteiger partial charge in [0, 0.05) is 22.3 Å². The monoisotopic (exact) mass is 551 g/mol. The second-order valence-corrected chi connectivity index (χ2v) is 8.13. The molecule has 0 bridgehead atoms. The van der Waals surface area contributed by atoms with E-state index in [1.54, 1.807) is 0 Å². The quantitative estimate of drug-likeness (QED) is 0.218. The molecule has 3 aromatic rings. The third-order valence-corrected chi connectivity index (χ3v) is 4.76. The summed E-state index contributed by atoms with van der Waals surface area (Å²) in [5, 5.41) is 17.7. The van der Waals surface area contributed by atoms with Crippen LogP contribution in [0.1, 0.15) is 28.5 Å². The highest BCUT2D eigenvalue weighted by Gasteiger charge is 2.35. The zero-order valence-electron chi connectivity index (χ0n) is 18.6. The van der Waals surface area contributed by atoms with Gasteiger partial charge in [-0.15, -0.1) is 0 Å². The smallest absolute Gasteiger partial charge is 0.391 e. The van der Waals surface area contributed by atoms with Crippen LogP contribution in [-0.2, 0) is 18.9 Å². The third kappa shape index (κ3) is 7.67. The van der Waals surface area contributed by atoms with E-state index < -0.39 is 59.8 Å². The predicted octanol–water partition coefficient (Wildman–Crippen LogP) is 5.62. The van der Waals surface area contributed by atoms with Crippen LogP contribution in [0.5, 0.6) is 0 Å². The molecule has 1 heterocycles. The van der Waals surface area contributed by atoms with Gasteiger partial charge < -0.3 is 10.4 Å². The third-order valence-electron chi connectivity index (χ3n) is 4.54. The normalized spacial score (nSPS) is 13.4. The summed E-state index contributed by atoms with van der Waals surface area (Å²) in [5.74, 6) is -2.76. The summed E-state index contributed by atoms with van der Waals surface area (Å²) in [5.41, 5.74) is -2.65. The van der Waals surface area contributed by atoms with Crippen LogP contribution >= 0.6 is 11.6 Å². The molecule has 0 saturated carbocycles. The number of nitrogens with zero attached hydrogens (tertiary/aromatic N) is 3. The lowest BCUT2D eigenvalue weighted by Crippen LogP contribution is -2.36. The molecule has 7 nitrogen and oxygen atoms in total. The van der Waals surface area contributed by atoms with Crippen LogP contribution in [0, 0.1) is 5.82 Å². The number of aliphatic imine (C=N–C) groups is 1. The number of anilines is 1. The Morgan fingerprint density at radius 1 is 1.08 bits per heavy atom. The lowest BCUT2D eigenvalue weighted by atomic mass is 10.1. The van der Waals surface area contributed by atoms with Gasteiger partial charge in [0.15, 0.2) is 11.5 Å². The van der Waals surface area contributed by atoms with E-state index >= 15 is 0 Å². The molecule has 0 aliphatic heterocycles. The van der Waals surface area contributed by atoms with E-state index in [4.69, 9.17) is 11.6 Å². The first-order chi connectivity index (χ1) is 17.1. The van der Waals surface area contributed by atoms with Crippen LogP contribution in [0.4, 0.5) is 42.2 Å². The number of carbonyl (C=O) groups excluding carboxylic acids is 1. The Bertz CT molecular complexity index is 1280. The number of aliphatic hydroxyl groups excluding tert-OH is 1. The Morgan fingerprint density at radius 3 is 2.27 bits per heavy atom. The SMILES string of the molecule is CC(O)Cn1nc(C(F)(F)F)cc1N=C(NC(=O)c1ccc(C(F)(F)F)cc1)Nc1cc(F)cc(Cl)c1. The Labute approximate surface area is 209 Å². The molecule has 0 aliphatic carbocycles. The second kappa shape index (κ2) is 10.8. The lowest BCUT2D eigenvalue weighted by molar-refractivity contribution is -0.141. The summed E-state index contributed by atoms with van der Waals surface area (Å²) in [6.07, 6.45) is -10.6. The number of aromatic nitrogens is 2. The van der Waals surface area contributed by atoms with Crippen LogP contribution in [-0.4, -0.2) is 32.9 Å². The van der Waals surface area contributed by atoms with Crippen molar-refractivity contribution in [2.24, 2.45) is 4.99 Å². The number of amides is 1. The van der Waals surface area contributed by atoms with E-state index in [2.05, 4.69) is 20.7 Å². The number of aliphatic hydroxyl groups is 1. The minimum absolute atomic E-state index is 0.0607. The summed E-state index contributed by atoms with van der Waals surface area (Å²) in [4.78, 5) is 16.6. The number of carbonyl (C=O) groups is 1. The molecule has 0 fully saturated rings. The molecule has 1 amide bonds. The molecule has 3 rings (SSSR count). The maximum Gasteiger partial charge on any atom is 0.435 e. The number of hydrogen-bond donors (Lipinski definition) is 3. The Morgan fingerprint density at radius 2 is 1.73 bits per heavy atom. The van der Waals surface area contributed by atoms with Crippen molar-refractivity contribution < 1.29 is 40.6 Å². The first kappa shape index (κ1) is 27.9. The first-order valence-corrected chi connectivity index (χ1v) is 10.6. The van der Waals surface area contributed by atoms with Crippen molar-refractivity contribution in [3.05, 3.63) is 76.2 Å². The topological polar surface area (TPSA) is 91.5 Å². The van der Waals surface area contributed by atoms with Crippen molar-refractivity contribution >= 4 is 35.0 Å². The molecule has 0 radical (unpaired) electrons. The molecular weight excluding hydrogens is 535 g/mol. The predicted molar refractivity (Wildman–Crippen MR) is 120 cm³/mol. The maximum atomic E-state index is 13.8. The molecule has 1 aromatic heterocycles.